The third-order valence-corrected chi connectivity index (χ3v) is 6.16. The van der Waals surface area contributed by atoms with Crippen molar-refractivity contribution in [2.75, 3.05) is 20.2 Å². The van der Waals surface area contributed by atoms with Crippen LogP contribution in [0.2, 0.25) is 0 Å². The van der Waals surface area contributed by atoms with Gasteiger partial charge in [0.2, 0.25) is 0 Å². The summed E-state index contributed by atoms with van der Waals surface area (Å²) in [5, 5.41) is 9.17. The molecular formula is C22H22FNO4. The summed E-state index contributed by atoms with van der Waals surface area (Å²) >= 11 is 0. The monoisotopic (exact) mass is 383 g/mol. The number of hydrogen-bond acceptors (Lipinski definition) is 3. The van der Waals surface area contributed by atoms with E-state index in [0.717, 1.165) is 11.3 Å². The molecule has 1 N–H and O–H groups in total. The van der Waals surface area contributed by atoms with Crippen LogP contribution in [0.5, 0.6) is 5.75 Å². The van der Waals surface area contributed by atoms with Gasteiger partial charge in [-0.2, -0.15) is 0 Å². The summed E-state index contributed by atoms with van der Waals surface area (Å²) < 4.78 is 19.8. The molecule has 1 saturated heterocycles. The summed E-state index contributed by atoms with van der Waals surface area (Å²) in [6.07, 6.45) is 2.03. The highest BCUT2D eigenvalue weighted by molar-refractivity contribution is 5.95. The van der Waals surface area contributed by atoms with Crippen molar-refractivity contribution in [2.45, 2.75) is 19.3 Å². The number of rotatable bonds is 4. The SMILES string of the molecule is COc1ccc(-c2ccc(C(=O)N3CCC4(CC3)CC4C(=O)O)c(F)c2)cc1. The molecule has 1 aliphatic heterocycles. The Morgan fingerprint density at radius 3 is 2.29 bits per heavy atom. The van der Waals surface area contributed by atoms with E-state index in [1.807, 2.05) is 12.1 Å². The van der Waals surface area contributed by atoms with Crippen molar-refractivity contribution >= 4 is 11.9 Å². The quantitative estimate of drug-likeness (QED) is 0.871. The van der Waals surface area contributed by atoms with Gasteiger partial charge in [0.05, 0.1) is 18.6 Å². The minimum Gasteiger partial charge on any atom is -0.497 e. The van der Waals surface area contributed by atoms with Gasteiger partial charge < -0.3 is 14.7 Å². The number of piperidine rings is 1. The van der Waals surface area contributed by atoms with Crippen LogP contribution in [-0.2, 0) is 4.79 Å². The fourth-order valence-corrected chi connectivity index (χ4v) is 4.23. The Morgan fingerprint density at radius 1 is 1.11 bits per heavy atom. The second-order valence-corrected chi connectivity index (χ2v) is 7.67. The molecule has 2 aromatic rings. The molecular weight excluding hydrogens is 361 g/mol. The molecule has 0 aromatic heterocycles. The molecule has 1 atom stereocenters. The maximum absolute atomic E-state index is 14.7. The van der Waals surface area contributed by atoms with Crippen molar-refractivity contribution in [1.29, 1.82) is 0 Å². The maximum Gasteiger partial charge on any atom is 0.307 e. The number of ether oxygens (including phenoxy) is 1. The van der Waals surface area contributed by atoms with E-state index in [1.165, 1.54) is 12.1 Å². The molecule has 0 radical (unpaired) electrons. The van der Waals surface area contributed by atoms with Gasteiger partial charge in [0.25, 0.3) is 5.91 Å². The zero-order valence-electron chi connectivity index (χ0n) is 15.7. The summed E-state index contributed by atoms with van der Waals surface area (Å²) in [6.45, 7) is 0.949. The minimum atomic E-state index is -0.750. The maximum atomic E-state index is 14.7. The summed E-state index contributed by atoms with van der Waals surface area (Å²) in [5.41, 5.74) is 1.43. The zero-order chi connectivity index (χ0) is 19.9. The van der Waals surface area contributed by atoms with Crippen LogP contribution in [0.4, 0.5) is 4.39 Å². The highest BCUT2D eigenvalue weighted by Gasteiger charge is 2.59. The number of halogens is 1. The average molecular weight is 383 g/mol. The molecule has 1 heterocycles. The van der Waals surface area contributed by atoms with E-state index in [0.29, 0.717) is 37.9 Å². The smallest absolute Gasteiger partial charge is 0.307 e. The van der Waals surface area contributed by atoms with Crippen LogP contribution in [0.1, 0.15) is 29.6 Å². The van der Waals surface area contributed by atoms with Crippen LogP contribution in [0.15, 0.2) is 42.5 Å². The lowest BCUT2D eigenvalue weighted by Gasteiger charge is -2.32. The predicted molar refractivity (Wildman–Crippen MR) is 102 cm³/mol. The fraction of sp³-hybridized carbons (Fsp3) is 0.364. The minimum absolute atomic E-state index is 0.0544. The van der Waals surface area contributed by atoms with Crippen LogP contribution in [0.25, 0.3) is 11.1 Å². The summed E-state index contributed by atoms with van der Waals surface area (Å²) in [5.74, 6) is -1.19. The van der Waals surface area contributed by atoms with E-state index in [4.69, 9.17) is 4.74 Å². The van der Waals surface area contributed by atoms with Gasteiger partial charge >= 0.3 is 5.97 Å². The van der Waals surface area contributed by atoms with Gasteiger partial charge in [-0.1, -0.05) is 18.2 Å². The Hall–Kier alpha value is -2.89. The van der Waals surface area contributed by atoms with Crippen LogP contribution in [0, 0.1) is 17.2 Å². The van der Waals surface area contributed by atoms with Gasteiger partial charge in [-0.05, 0) is 60.1 Å². The molecule has 2 aromatic carbocycles. The van der Waals surface area contributed by atoms with Crippen molar-refractivity contribution in [3.63, 3.8) is 0 Å². The molecule has 1 aliphatic carbocycles. The number of carboxylic acid groups (broad SMARTS) is 1. The number of carbonyl (C=O) groups is 2. The van der Waals surface area contributed by atoms with E-state index in [1.54, 1.807) is 30.2 Å². The van der Waals surface area contributed by atoms with Gasteiger partial charge in [0.15, 0.2) is 0 Å². The highest BCUT2D eigenvalue weighted by atomic mass is 19.1. The molecule has 0 bridgehead atoms. The third-order valence-electron chi connectivity index (χ3n) is 6.16. The molecule has 146 valence electrons. The van der Waals surface area contributed by atoms with Crippen LogP contribution >= 0.6 is 0 Å². The Labute approximate surface area is 162 Å². The highest BCUT2D eigenvalue weighted by Crippen LogP contribution is 2.59. The third kappa shape index (κ3) is 3.23. The molecule has 1 spiro atoms. The summed E-state index contributed by atoms with van der Waals surface area (Å²) in [4.78, 5) is 25.5. The number of carboxylic acids is 1. The number of likely N-dealkylation sites (tertiary alicyclic amines) is 1. The first-order chi connectivity index (χ1) is 13.4. The van der Waals surface area contributed by atoms with E-state index in [-0.39, 0.29) is 22.8 Å². The molecule has 6 heteroatoms. The fourth-order valence-electron chi connectivity index (χ4n) is 4.23. The number of benzene rings is 2. The predicted octanol–water partition coefficient (Wildman–Crippen LogP) is 3.83. The molecule has 4 rings (SSSR count). The Morgan fingerprint density at radius 2 is 1.75 bits per heavy atom. The molecule has 2 aliphatic rings. The van der Waals surface area contributed by atoms with Crippen molar-refractivity contribution < 1.29 is 23.8 Å². The van der Waals surface area contributed by atoms with Gasteiger partial charge in [-0.25, -0.2) is 4.39 Å². The summed E-state index contributed by atoms with van der Waals surface area (Å²) in [7, 11) is 1.59. The van der Waals surface area contributed by atoms with Gasteiger partial charge in [-0.3, -0.25) is 9.59 Å². The number of nitrogens with zero attached hydrogens (tertiary/aromatic N) is 1. The Kier molecular flexibility index (Phi) is 4.57. The number of methoxy groups -OCH3 is 1. The number of carbonyl (C=O) groups excluding carboxylic acids is 1. The molecule has 5 nitrogen and oxygen atoms in total. The molecule has 1 saturated carbocycles. The lowest BCUT2D eigenvalue weighted by molar-refractivity contribution is -0.139. The van der Waals surface area contributed by atoms with Crippen molar-refractivity contribution in [1.82, 2.24) is 4.90 Å². The van der Waals surface area contributed by atoms with Crippen LogP contribution in [-0.4, -0.2) is 42.1 Å². The number of aliphatic carboxylic acids is 1. The van der Waals surface area contributed by atoms with Crippen LogP contribution in [0.3, 0.4) is 0 Å². The second-order valence-electron chi connectivity index (χ2n) is 7.67. The number of hydrogen-bond donors (Lipinski definition) is 1. The van der Waals surface area contributed by atoms with E-state index in [2.05, 4.69) is 0 Å². The first-order valence-electron chi connectivity index (χ1n) is 9.39. The van der Waals surface area contributed by atoms with Gasteiger partial charge in [-0.15, -0.1) is 0 Å². The van der Waals surface area contributed by atoms with E-state index in [9.17, 15) is 19.1 Å². The first-order valence-corrected chi connectivity index (χ1v) is 9.39. The lowest BCUT2D eigenvalue weighted by atomic mass is 9.90. The summed E-state index contributed by atoms with van der Waals surface area (Å²) in [6, 6.07) is 11.9. The lowest BCUT2D eigenvalue weighted by Crippen LogP contribution is -2.40. The molecule has 28 heavy (non-hydrogen) atoms. The van der Waals surface area contributed by atoms with Gasteiger partial charge in [0.1, 0.15) is 11.6 Å². The van der Waals surface area contributed by atoms with Crippen molar-refractivity contribution in [2.24, 2.45) is 11.3 Å². The molecule has 1 unspecified atom stereocenters. The van der Waals surface area contributed by atoms with Gasteiger partial charge in [0, 0.05) is 13.1 Å². The Balaban J connectivity index is 1.46. The van der Waals surface area contributed by atoms with Crippen molar-refractivity contribution in [3.05, 3.63) is 53.8 Å². The van der Waals surface area contributed by atoms with E-state index < -0.39 is 11.8 Å². The second kappa shape index (κ2) is 6.93. The molecule has 1 amide bonds. The van der Waals surface area contributed by atoms with Crippen LogP contribution < -0.4 is 4.74 Å². The standard InChI is InChI=1S/C22H22FNO4/c1-28-16-5-2-14(3-6-16)15-4-7-17(19(23)12-15)20(25)24-10-8-22(9-11-24)13-18(22)21(26)27/h2-7,12,18H,8-11,13H2,1H3,(H,26,27). The number of amides is 1. The topological polar surface area (TPSA) is 66.8 Å². The Bertz CT molecular complexity index is 917. The van der Waals surface area contributed by atoms with Crippen molar-refractivity contribution in [3.8, 4) is 16.9 Å². The zero-order valence-corrected chi connectivity index (χ0v) is 15.7. The average Bonchev–Trinajstić information content (AvgIpc) is 3.42. The molecule has 2 fully saturated rings. The first kappa shape index (κ1) is 18.5. The normalized spacial score (nSPS) is 20.1. The van der Waals surface area contributed by atoms with E-state index >= 15 is 0 Å². The largest absolute Gasteiger partial charge is 0.497 e.